The van der Waals surface area contributed by atoms with Crippen molar-refractivity contribution in [3.05, 3.63) is 42.0 Å². The van der Waals surface area contributed by atoms with E-state index in [9.17, 15) is 17.6 Å². The van der Waals surface area contributed by atoms with Crippen molar-refractivity contribution < 1.29 is 17.6 Å². The van der Waals surface area contributed by atoms with Crippen LogP contribution in [0.2, 0.25) is 0 Å². The standard InChI is InChI=1S/C13H11FN2O3S/c14-13-4-1-9(8-17)5-12(13)10-6-15-16(7-10)20(18,19)11-2-3-11/h1,4-8,11H,2-3H2. The first-order valence-electron chi connectivity index (χ1n) is 6.06. The molecule has 3 rings (SSSR count). The highest BCUT2D eigenvalue weighted by Crippen LogP contribution is 2.31. The minimum Gasteiger partial charge on any atom is -0.298 e. The smallest absolute Gasteiger partial charge is 0.256 e. The van der Waals surface area contributed by atoms with Gasteiger partial charge in [-0.25, -0.2) is 12.8 Å². The Kier molecular flexibility index (Phi) is 2.93. The molecule has 20 heavy (non-hydrogen) atoms. The highest BCUT2D eigenvalue weighted by atomic mass is 32.2. The number of benzene rings is 1. The second-order valence-corrected chi connectivity index (χ2v) is 6.77. The van der Waals surface area contributed by atoms with Gasteiger partial charge in [0.15, 0.2) is 0 Å². The minimum absolute atomic E-state index is 0.159. The Bertz CT molecular complexity index is 779. The van der Waals surface area contributed by atoms with Crippen LogP contribution in [-0.2, 0) is 10.0 Å². The van der Waals surface area contributed by atoms with Crippen molar-refractivity contribution in [2.45, 2.75) is 18.1 Å². The van der Waals surface area contributed by atoms with E-state index >= 15 is 0 Å². The van der Waals surface area contributed by atoms with Crippen LogP contribution in [0.25, 0.3) is 11.1 Å². The van der Waals surface area contributed by atoms with E-state index in [0.717, 1.165) is 4.09 Å². The second-order valence-electron chi connectivity index (χ2n) is 4.70. The lowest BCUT2D eigenvalue weighted by Crippen LogP contribution is -2.17. The van der Waals surface area contributed by atoms with Crippen LogP contribution in [0.1, 0.15) is 23.2 Å². The van der Waals surface area contributed by atoms with Crippen molar-refractivity contribution in [3.8, 4) is 11.1 Å². The Balaban J connectivity index is 2.04. The number of aldehydes is 1. The summed E-state index contributed by atoms with van der Waals surface area (Å²) in [5, 5.41) is 3.41. The first kappa shape index (κ1) is 13.0. The summed E-state index contributed by atoms with van der Waals surface area (Å²) in [5.74, 6) is -0.529. The molecule has 1 saturated carbocycles. The molecule has 1 aliphatic rings. The summed E-state index contributed by atoms with van der Waals surface area (Å²) in [7, 11) is -3.47. The molecule has 2 aromatic rings. The average Bonchev–Trinajstić information content (AvgIpc) is 3.18. The van der Waals surface area contributed by atoms with Gasteiger partial charge in [-0.2, -0.15) is 9.19 Å². The van der Waals surface area contributed by atoms with Crippen LogP contribution in [-0.4, -0.2) is 29.1 Å². The first-order chi connectivity index (χ1) is 9.52. The maximum atomic E-state index is 13.8. The van der Waals surface area contributed by atoms with Gasteiger partial charge in [0.2, 0.25) is 0 Å². The van der Waals surface area contributed by atoms with Gasteiger partial charge in [-0.15, -0.1) is 0 Å². The Morgan fingerprint density at radius 1 is 1.35 bits per heavy atom. The molecule has 0 saturated heterocycles. The number of aromatic nitrogens is 2. The summed E-state index contributed by atoms with van der Waals surface area (Å²) >= 11 is 0. The quantitative estimate of drug-likeness (QED) is 0.807. The largest absolute Gasteiger partial charge is 0.298 e. The molecular weight excluding hydrogens is 283 g/mol. The van der Waals surface area contributed by atoms with Crippen LogP contribution in [0, 0.1) is 5.82 Å². The molecule has 0 unspecified atom stereocenters. The maximum absolute atomic E-state index is 13.8. The fourth-order valence-electron chi connectivity index (χ4n) is 1.94. The van der Waals surface area contributed by atoms with Crippen LogP contribution >= 0.6 is 0 Å². The molecular formula is C13H11FN2O3S. The van der Waals surface area contributed by atoms with Crippen molar-refractivity contribution >= 4 is 16.3 Å². The van der Waals surface area contributed by atoms with E-state index in [0.29, 0.717) is 30.3 Å². The van der Waals surface area contributed by atoms with Crippen molar-refractivity contribution in [2.75, 3.05) is 0 Å². The van der Waals surface area contributed by atoms with E-state index in [4.69, 9.17) is 0 Å². The van der Waals surface area contributed by atoms with Crippen LogP contribution in [0.5, 0.6) is 0 Å². The molecule has 0 aliphatic heterocycles. The number of hydrogen-bond acceptors (Lipinski definition) is 4. The Hall–Kier alpha value is -2.02. The summed E-state index contributed by atoms with van der Waals surface area (Å²) in [6, 6.07) is 3.90. The van der Waals surface area contributed by atoms with Gasteiger partial charge in [0, 0.05) is 16.7 Å². The zero-order valence-corrected chi connectivity index (χ0v) is 11.2. The lowest BCUT2D eigenvalue weighted by atomic mass is 10.1. The van der Waals surface area contributed by atoms with Crippen LogP contribution in [0.15, 0.2) is 30.6 Å². The van der Waals surface area contributed by atoms with E-state index in [-0.39, 0.29) is 10.8 Å². The van der Waals surface area contributed by atoms with Gasteiger partial charge < -0.3 is 0 Å². The zero-order valence-electron chi connectivity index (χ0n) is 10.4. The Labute approximate surface area is 115 Å². The number of carbonyl (C=O) groups excluding carboxylic acids is 1. The molecule has 1 aromatic heterocycles. The zero-order chi connectivity index (χ0) is 14.3. The Morgan fingerprint density at radius 2 is 2.10 bits per heavy atom. The van der Waals surface area contributed by atoms with Crippen molar-refractivity contribution in [3.63, 3.8) is 0 Å². The molecule has 104 valence electrons. The molecule has 0 atom stereocenters. The molecule has 0 amide bonds. The van der Waals surface area contributed by atoms with Gasteiger partial charge >= 0.3 is 0 Å². The minimum atomic E-state index is -3.47. The van der Waals surface area contributed by atoms with Crippen molar-refractivity contribution in [1.82, 2.24) is 9.19 Å². The van der Waals surface area contributed by atoms with Crippen LogP contribution < -0.4 is 0 Å². The molecule has 7 heteroatoms. The monoisotopic (exact) mass is 294 g/mol. The van der Waals surface area contributed by atoms with Crippen molar-refractivity contribution in [1.29, 1.82) is 0 Å². The van der Waals surface area contributed by atoms with E-state index in [1.165, 1.54) is 30.6 Å². The van der Waals surface area contributed by atoms with Gasteiger partial charge in [-0.05, 0) is 31.0 Å². The third-order valence-electron chi connectivity index (χ3n) is 3.20. The topological polar surface area (TPSA) is 69.0 Å². The van der Waals surface area contributed by atoms with Crippen molar-refractivity contribution in [2.24, 2.45) is 0 Å². The van der Waals surface area contributed by atoms with Gasteiger partial charge in [0.1, 0.15) is 12.1 Å². The fraction of sp³-hybridized carbons (Fsp3) is 0.231. The molecule has 1 aromatic carbocycles. The first-order valence-corrected chi connectivity index (χ1v) is 7.57. The van der Waals surface area contributed by atoms with Gasteiger partial charge in [0.25, 0.3) is 10.0 Å². The predicted octanol–water partition coefficient (Wildman–Crippen LogP) is 1.84. The number of carbonyl (C=O) groups is 1. The SMILES string of the molecule is O=Cc1ccc(F)c(-c2cnn(S(=O)(=O)C3CC3)c2)c1. The summed E-state index contributed by atoms with van der Waals surface area (Å²) in [5.41, 5.74) is 0.807. The van der Waals surface area contributed by atoms with Gasteiger partial charge in [-0.1, -0.05) is 0 Å². The molecule has 0 radical (unpaired) electrons. The fourth-order valence-corrected chi connectivity index (χ4v) is 3.42. The van der Waals surface area contributed by atoms with E-state index in [2.05, 4.69) is 5.10 Å². The van der Waals surface area contributed by atoms with Gasteiger partial charge in [0.05, 0.1) is 17.6 Å². The predicted molar refractivity (Wildman–Crippen MR) is 70.3 cm³/mol. The molecule has 1 aliphatic carbocycles. The number of hydrogen-bond donors (Lipinski definition) is 0. The number of nitrogens with zero attached hydrogens (tertiary/aromatic N) is 2. The highest BCUT2D eigenvalue weighted by Gasteiger charge is 2.37. The van der Waals surface area contributed by atoms with E-state index < -0.39 is 15.8 Å². The van der Waals surface area contributed by atoms with Crippen LogP contribution in [0.4, 0.5) is 4.39 Å². The van der Waals surface area contributed by atoms with E-state index in [1.54, 1.807) is 0 Å². The Morgan fingerprint density at radius 3 is 2.75 bits per heavy atom. The molecule has 0 spiro atoms. The van der Waals surface area contributed by atoms with E-state index in [1.807, 2.05) is 0 Å². The third-order valence-corrected chi connectivity index (χ3v) is 5.24. The summed E-state index contributed by atoms with van der Waals surface area (Å²) in [6.07, 6.45) is 4.43. The average molecular weight is 294 g/mol. The summed E-state index contributed by atoms with van der Waals surface area (Å²) in [4.78, 5) is 10.7. The molecule has 0 N–H and O–H groups in total. The maximum Gasteiger partial charge on any atom is 0.256 e. The second kappa shape index (κ2) is 4.52. The third kappa shape index (κ3) is 2.14. The molecule has 5 nitrogen and oxygen atoms in total. The summed E-state index contributed by atoms with van der Waals surface area (Å²) < 4.78 is 38.6. The van der Waals surface area contributed by atoms with Gasteiger partial charge in [-0.3, -0.25) is 4.79 Å². The lowest BCUT2D eigenvalue weighted by Gasteiger charge is -2.02. The lowest BCUT2D eigenvalue weighted by molar-refractivity contribution is 0.112. The number of rotatable bonds is 4. The van der Waals surface area contributed by atoms with Crippen LogP contribution in [0.3, 0.4) is 0 Å². The number of halogens is 1. The highest BCUT2D eigenvalue weighted by molar-refractivity contribution is 7.90. The normalized spacial score (nSPS) is 15.2. The molecule has 1 fully saturated rings. The molecule has 0 bridgehead atoms. The molecule has 1 heterocycles. The summed E-state index contributed by atoms with van der Waals surface area (Å²) in [6.45, 7) is 0.